The first-order chi connectivity index (χ1) is 10.3. The van der Waals surface area contributed by atoms with E-state index in [1.807, 2.05) is 36.4 Å². The van der Waals surface area contributed by atoms with E-state index in [0.717, 1.165) is 16.5 Å². The summed E-state index contributed by atoms with van der Waals surface area (Å²) in [6, 6.07) is 16.9. The van der Waals surface area contributed by atoms with Crippen molar-refractivity contribution in [1.29, 1.82) is 5.26 Å². The number of para-hydroxylation sites is 1. The number of nitriles is 1. The second-order valence-electron chi connectivity index (χ2n) is 4.68. The standard InChI is InChI=1S/C18H12N2O/c19-11-14-7-5-13(6-8-14)9-10-18(21)16-12-20-17-4-2-1-3-15(16)17/h1-10,12,20H/b10-9+. The molecule has 0 bridgehead atoms. The lowest BCUT2D eigenvalue weighted by molar-refractivity contribution is 0.104. The fourth-order valence-electron chi connectivity index (χ4n) is 2.21. The molecular formula is C18H12N2O. The molecule has 1 heterocycles. The zero-order valence-corrected chi connectivity index (χ0v) is 11.2. The predicted molar refractivity (Wildman–Crippen MR) is 82.8 cm³/mol. The number of carbonyl (C=O) groups excluding carboxylic acids is 1. The van der Waals surface area contributed by atoms with Gasteiger partial charge in [0.1, 0.15) is 0 Å². The number of hydrogen-bond donors (Lipinski definition) is 1. The third-order valence-electron chi connectivity index (χ3n) is 3.32. The number of ketones is 1. The minimum atomic E-state index is -0.0446. The molecule has 2 aromatic carbocycles. The molecule has 21 heavy (non-hydrogen) atoms. The van der Waals surface area contributed by atoms with Gasteiger partial charge in [-0.1, -0.05) is 36.4 Å². The van der Waals surface area contributed by atoms with Gasteiger partial charge in [-0.25, -0.2) is 0 Å². The van der Waals surface area contributed by atoms with Crippen LogP contribution in [0.3, 0.4) is 0 Å². The van der Waals surface area contributed by atoms with Crippen molar-refractivity contribution in [3.63, 3.8) is 0 Å². The molecule has 3 heteroatoms. The Morgan fingerprint density at radius 2 is 1.86 bits per heavy atom. The highest BCUT2D eigenvalue weighted by atomic mass is 16.1. The molecule has 3 rings (SSSR count). The van der Waals surface area contributed by atoms with Crippen molar-refractivity contribution < 1.29 is 4.79 Å². The first-order valence-corrected chi connectivity index (χ1v) is 6.56. The van der Waals surface area contributed by atoms with Crippen molar-refractivity contribution in [2.75, 3.05) is 0 Å². The Labute approximate surface area is 122 Å². The Hall–Kier alpha value is -3.12. The molecule has 3 nitrogen and oxygen atoms in total. The number of benzene rings is 2. The van der Waals surface area contributed by atoms with E-state index in [0.29, 0.717) is 11.1 Å². The maximum Gasteiger partial charge on any atom is 0.187 e. The molecule has 0 saturated heterocycles. The van der Waals surface area contributed by atoms with Crippen LogP contribution >= 0.6 is 0 Å². The van der Waals surface area contributed by atoms with E-state index in [-0.39, 0.29) is 5.78 Å². The molecule has 100 valence electrons. The Morgan fingerprint density at radius 3 is 2.62 bits per heavy atom. The van der Waals surface area contributed by atoms with E-state index in [2.05, 4.69) is 11.1 Å². The molecule has 1 N–H and O–H groups in total. The largest absolute Gasteiger partial charge is 0.360 e. The van der Waals surface area contributed by atoms with Crippen molar-refractivity contribution in [2.24, 2.45) is 0 Å². The number of carbonyl (C=O) groups is 1. The van der Waals surface area contributed by atoms with Crippen molar-refractivity contribution in [3.8, 4) is 6.07 Å². The molecule has 0 saturated carbocycles. The number of hydrogen-bond acceptors (Lipinski definition) is 2. The lowest BCUT2D eigenvalue weighted by Crippen LogP contribution is -1.92. The fraction of sp³-hybridized carbons (Fsp3) is 0. The first-order valence-electron chi connectivity index (χ1n) is 6.56. The average Bonchev–Trinajstić information content (AvgIpc) is 2.97. The molecule has 0 unspecified atom stereocenters. The van der Waals surface area contributed by atoms with Crippen LogP contribution in [0, 0.1) is 11.3 Å². The van der Waals surface area contributed by atoms with E-state index in [9.17, 15) is 4.79 Å². The van der Waals surface area contributed by atoms with Crippen LogP contribution in [0.5, 0.6) is 0 Å². The Morgan fingerprint density at radius 1 is 1.10 bits per heavy atom. The minimum Gasteiger partial charge on any atom is -0.360 e. The molecule has 0 aliphatic rings. The van der Waals surface area contributed by atoms with Crippen molar-refractivity contribution in [2.45, 2.75) is 0 Å². The smallest absolute Gasteiger partial charge is 0.187 e. The lowest BCUT2D eigenvalue weighted by atomic mass is 10.1. The summed E-state index contributed by atoms with van der Waals surface area (Å²) in [5.41, 5.74) is 3.11. The molecule has 0 fully saturated rings. The van der Waals surface area contributed by atoms with E-state index < -0.39 is 0 Å². The van der Waals surface area contributed by atoms with Crippen LogP contribution in [0.25, 0.3) is 17.0 Å². The summed E-state index contributed by atoms with van der Waals surface area (Å²) in [4.78, 5) is 15.3. The van der Waals surface area contributed by atoms with E-state index in [1.165, 1.54) is 0 Å². The molecule has 0 atom stereocenters. The number of aromatic amines is 1. The molecule has 0 aliphatic carbocycles. The van der Waals surface area contributed by atoms with Crippen LogP contribution in [0.15, 0.2) is 60.8 Å². The third kappa shape index (κ3) is 2.60. The molecule has 0 aliphatic heterocycles. The summed E-state index contributed by atoms with van der Waals surface area (Å²) in [6.07, 6.45) is 5.04. The molecular weight excluding hydrogens is 260 g/mol. The van der Waals surface area contributed by atoms with Gasteiger partial charge in [0, 0.05) is 22.7 Å². The number of rotatable bonds is 3. The molecule has 0 amide bonds. The van der Waals surface area contributed by atoms with Gasteiger partial charge in [0.15, 0.2) is 5.78 Å². The monoisotopic (exact) mass is 272 g/mol. The first kappa shape index (κ1) is 12.9. The Balaban J connectivity index is 1.85. The van der Waals surface area contributed by atoms with E-state index >= 15 is 0 Å². The van der Waals surface area contributed by atoms with Gasteiger partial charge < -0.3 is 4.98 Å². The van der Waals surface area contributed by atoms with Gasteiger partial charge in [-0.3, -0.25) is 4.79 Å². The predicted octanol–water partition coefficient (Wildman–Crippen LogP) is 3.94. The van der Waals surface area contributed by atoms with Crippen LogP contribution in [-0.2, 0) is 0 Å². The average molecular weight is 272 g/mol. The van der Waals surface area contributed by atoms with Gasteiger partial charge >= 0.3 is 0 Å². The van der Waals surface area contributed by atoms with Crippen LogP contribution < -0.4 is 0 Å². The van der Waals surface area contributed by atoms with Crippen molar-refractivity contribution in [3.05, 3.63) is 77.5 Å². The summed E-state index contributed by atoms with van der Waals surface area (Å²) in [6.45, 7) is 0. The van der Waals surface area contributed by atoms with Gasteiger partial charge in [-0.05, 0) is 29.8 Å². The normalized spacial score (nSPS) is 10.8. The number of H-pyrrole nitrogens is 1. The fourth-order valence-corrected chi connectivity index (χ4v) is 2.21. The zero-order chi connectivity index (χ0) is 14.7. The van der Waals surface area contributed by atoms with E-state index in [1.54, 1.807) is 30.5 Å². The highest BCUT2D eigenvalue weighted by Crippen LogP contribution is 2.18. The Bertz CT molecular complexity index is 864. The SMILES string of the molecule is N#Cc1ccc(/C=C/C(=O)c2c[nH]c3ccccc23)cc1. The van der Waals surface area contributed by atoms with Gasteiger partial charge in [-0.2, -0.15) is 5.26 Å². The van der Waals surface area contributed by atoms with Gasteiger partial charge in [0.25, 0.3) is 0 Å². The lowest BCUT2D eigenvalue weighted by Gasteiger charge is -1.95. The highest BCUT2D eigenvalue weighted by molar-refractivity contribution is 6.14. The summed E-state index contributed by atoms with van der Waals surface area (Å²) < 4.78 is 0. The minimum absolute atomic E-state index is 0.0446. The Kier molecular flexibility index (Phi) is 3.36. The topological polar surface area (TPSA) is 56.6 Å². The van der Waals surface area contributed by atoms with Crippen LogP contribution in [0.1, 0.15) is 21.5 Å². The molecule has 0 spiro atoms. The molecule has 3 aromatic rings. The summed E-state index contributed by atoms with van der Waals surface area (Å²) in [5.74, 6) is -0.0446. The highest BCUT2D eigenvalue weighted by Gasteiger charge is 2.08. The van der Waals surface area contributed by atoms with Crippen LogP contribution in [0.2, 0.25) is 0 Å². The molecule has 1 aromatic heterocycles. The van der Waals surface area contributed by atoms with Gasteiger partial charge in [0.2, 0.25) is 0 Å². The molecule has 0 radical (unpaired) electrons. The number of nitrogens with zero attached hydrogens (tertiary/aromatic N) is 1. The van der Waals surface area contributed by atoms with Crippen LogP contribution in [0.4, 0.5) is 0 Å². The second kappa shape index (κ2) is 5.48. The van der Waals surface area contributed by atoms with Crippen molar-refractivity contribution in [1.82, 2.24) is 4.98 Å². The third-order valence-corrected chi connectivity index (χ3v) is 3.32. The maximum absolute atomic E-state index is 12.3. The van der Waals surface area contributed by atoms with Gasteiger partial charge in [0.05, 0.1) is 11.6 Å². The summed E-state index contributed by atoms with van der Waals surface area (Å²) >= 11 is 0. The second-order valence-corrected chi connectivity index (χ2v) is 4.68. The quantitative estimate of drug-likeness (QED) is 0.580. The maximum atomic E-state index is 12.3. The van der Waals surface area contributed by atoms with Gasteiger partial charge in [-0.15, -0.1) is 0 Å². The van der Waals surface area contributed by atoms with Crippen LogP contribution in [-0.4, -0.2) is 10.8 Å². The van der Waals surface area contributed by atoms with E-state index in [4.69, 9.17) is 5.26 Å². The number of allylic oxidation sites excluding steroid dienone is 1. The number of aromatic nitrogens is 1. The number of fused-ring (bicyclic) bond motifs is 1. The summed E-state index contributed by atoms with van der Waals surface area (Å²) in [7, 11) is 0. The summed E-state index contributed by atoms with van der Waals surface area (Å²) in [5, 5.41) is 9.67. The van der Waals surface area contributed by atoms with Crippen molar-refractivity contribution >= 4 is 22.8 Å². The number of nitrogens with one attached hydrogen (secondary N) is 1. The zero-order valence-electron chi connectivity index (χ0n) is 11.2.